The molecule has 1 unspecified atom stereocenters. The van der Waals surface area contributed by atoms with E-state index in [1.165, 1.54) is 4.90 Å². The lowest BCUT2D eigenvalue weighted by Crippen LogP contribution is -2.34. The number of anilines is 1. The van der Waals surface area contributed by atoms with E-state index in [9.17, 15) is 14.7 Å². The Morgan fingerprint density at radius 2 is 1.66 bits per heavy atom. The highest BCUT2D eigenvalue weighted by atomic mass is 35.5. The molecule has 0 radical (unpaired) electrons. The van der Waals surface area contributed by atoms with Gasteiger partial charge in [0.1, 0.15) is 18.5 Å². The Morgan fingerprint density at radius 3 is 2.34 bits per heavy atom. The molecular formula is C28H28ClNO5. The summed E-state index contributed by atoms with van der Waals surface area (Å²) < 4.78 is 6.02. The smallest absolute Gasteiger partial charge is 0.328 e. The number of hydrogen-bond acceptors (Lipinski definition) is 4. The van der Waals surface area contributed by atoms with Gasteiger partial charge in [-0.3, -0.25) is 4.79 Å². The van der Waals surface area contributed by atoms with Crippen molar-refractivity contribution in [2.24, 2.45) is 5.92 Å². The van der Waals surface area contributed by atoms with Crippen LogP contribution >= 0.6 is 11.6 Å². The first-order valence-corrected chi connectivity index (χ1v) is 11.6. The van der Waals surface area contributed by atoms with Crippen LogP contribution < -0.4 is 9.64 Å². The average Bonchev–Trinajstić information content (AvgIpc) is 2.85. The molecule has 7 heteroatoms. The quantitative estimate of drug-likeness (QED) is 0.357. The molecular weight excluding hydrogens is 466 g/mol. The van der Waals surface area contributed by atoms with Crippen LogP contribution in [-0.2, 0) is 16.2 Å². The van der Waals surface area contributed by atoms with Crippen LogP contribution in [0.2, 0.25) is 5.02 Å². The third-order valence-electron chi connectivity index (χ3n) is 5.21. The molecule has 0 aliphatic heterocycles. The first-order valence-electron chi connectivity index (χ1n) is 11.2. The van der Waals surface area contributed by atoms with Gasteiger partial charge in [-0.05, 0) is 35.7 Å². The number of carboxylic acids is 1. The number of nitrogens with zero attached hydrogens (tertiary/aromatic N) is 1. The number of para-hydroxylation sites is 1. The Bertz CT molecular complexity index is 1190. The van der Waals surface area contributed by atoms with Crippen molar-refractivity contribution in [3.8, 4) is 5.75 Å². The second-order valence-electron chi connectivity index (χ2n) is 8.43. The van der Waals surface area contributed by atoms with Gasteiger partial charge in [0.15, 0.2) is 0 Å². The van der Waals surface area contributed by atoms with Gasteiger partial charge in [0, 0.05) is 34.8 Å². The first-order chi connectivity index (χ1) is 16.8. The van der Waals surface area contributed by atoms with Gasteiger partial charge in [-0.25, -0.2) is 4.79 Å². The summed E-state index contributed by atoms with van der Waals surface area (Å²) in [6.07, 6.45) is 0.655. The van der Waals surface area contributed by atoms with Gasteiger partial charge in [-0.2, -0.15) is 0 Å². The van der Waals surface area contributed by atoms with Gasteiger partial charge in [-0.1, -0.05) is 74.0 Å². The van der Waals surface area contributed by atoms with Crippen LogP contribution in [0.25, 0.3) is 0 Å². The molecule has 1 amide bonds. The summed E-state index contributed by atoms with van der Waals surface area (Å²) >= 11 is 6.28. The summed E-state index contributed by atoms with van der Waals surface area (Å²) in [5.41, 5.74) is 2.35. The van der Waals surface area contributed by atoms with Crippen molar-refractivity contribution in [2.75, 3.05) is 11.4 Å². The fraction of sp³-hybridized carbons (Fsp3) is 0.214. The van der Waals surface area contributed by atoms with Crippen LogP contribution in [-0.4, -0.2) is 28.6 Å². The van der Waals surface area contributed by atoms with E-state index in [-0.39, 0.29) is 5.92 Å². The highest BCUT2D eigenvalue weighted by Crippen LogP contribution is 2.37. The van der Waals surface area contributed by atoms with E-state index in [1.807, 2.05) is 50.2 Å². The van der Waals surface area contributed by atoms with Crippen molar-refractivity contribution in [1.82, 2.24) is 0 Å². The Morgan fingerprint density at radius 1 is 0.971 bits per heavy atom. The zero-order valence-electron chi connectivity index (χ0n) is 19.6. The van der Waals surface area contributed by atoms with Gasteiger partial charge < -0.3 is 19.8 Å². The van der Waals surface area contributed by atoms with Crippen molar-refractivity contribution in [3.63, 3.8) is 0 Å². The molecule has 3 aromatic rings. The molecule has 0 saturated carbocycles. The molecule has 0 spiro atoms. The monoisotopic (exact) mass is 493 g/mol. The van der Waals surface area contributed by atoms with Crippen LogP contribution in [0, 0.1) is 5.92 Å². The highest BCUT2D eigenvalue weighted by Gasteiger charge is 2.25. The van der Waals surface area contributed by atoms with Crippen LogP contribution in [0.4, 0.5) is 5.69 Å². The fourth-order valence-corrected chi connectivity index (χ4v) is 3.82. The number of carbonyl (C=O) groups excluding carboxylic acids is 1. The number of carbonyl (C=O) groups is 2. The molecule has 0 heterocycles. The normalized spacial score (nSPS) is 12.0. The zero-order valence-corrected chi connectivity index (χ0v) is 20.4. The minimum absolute atomic E-state index is 0.0827. The lowest BCUT2D eigenvalue weighted by Gasteiger charge is -2.28. The third kappa shape index (κ3) is 7.18. The molecule has 0 saturated heterocycles. The molecule has 0 fully saturated rings. The first kappa shape index (κ1) is 26.0. The Kier molecular flexibility index (Phi) is 9.06. The lowest BCUT2D eigenvalue weighted by atomic mass is 9.97. The number of ether oxygens (including phenoxy) is 1. The maximum absolute atomic E-state index is 12.9. The van der Waals surface area contributed by atoms with Crippen molar-refractivity contribution in [1.29, 1.82) is 0 Å². The SMILES string of the molecule is CC(C)CN(C(=O)/C=C/C(=O)O)c1ccc(Cl)cc1C(O)c1ccccc1OCc1ccccc1. The molecule has 0 aliphatic carbocycles. The van der Waals surface area contributed by atoms with E-state index in [0.717, 1.165) is 17.7 Å². The number of aliphatic hydroxyl groups excluding tert-OH is 1. The maximum atomic E-state index is 12.9. The summed E-state index contributed by atoms with van der Waals surface area (Å²) in [4.78, 5) is 25.4. The van der Waals surface area contributed by atoms with Crippen LogP contribution in [0.1, 0.15) is 36.6 Å². The van der Waals surface area contributed by atoms with E-state index in [1.54, 1.807) is 36.4 Å². The van der Waals surface area contributed by atoms with Gasteiger partial charge in [0.25, 0.3) is 5.91 Å². The molecule has 35 heavy (non-hydrogen) atoms. The predicted molar refractivity (Wildman–Crippen MR) is 137 cm³/mol. The zero-order chi connectivity index (χ0) is 25.4. The second kappa shape index (κ2) is 12.2. The Hall–Kier alpha value is -3.61. The molecule has 0 aliphatic rings. The Balaban J connectivity index is 2.00. The molecule has 3 rings (SSSR count). The lowest BCUT2D eigenvalue weighted by molar-refractivity contribution is -0.131. The fourth-order valence-electron chi connectivity index (χ4n) is 3.64. The van der Waals surface area contributed by atoms with E-state index in [0.29, 0.717) is 40.7 Å². The summed E-state index contributed by atoms with van der Waals surface area (Å²) in [5, 5.41) is 20.8. The molecule has 1 atom stereocenters. The van der Waals surface area contributed by atoms with Crippen LogP contribution in [0.5, 0.6) is 5.75 Å². The molecule has 182 valence electrons. The third-order valence-corrected chi connectivity index (χ3v) is 5.44. The molecule has 0 bridgehead atoms. The largest absolute Gasteiger partial charge is 0.489 e. The summed E-state index contributed by atoms with van der Waals surface area (Å²) in [6, 6.07) is 21.7. The average molecular weight is 494 g/mol. The van der Waals surface area contributed by atoms with Gasteiger partial charge in [0.2, 0.25) is 0 Å². The van der Waals surface area contributed by atoms with Crippen molar-refractivity contribution >= 4 is 29.2 Å². The Labute approximate surface area is 210 Å². The van der Waals surface area contributed by atoms with Gasteiger partial charge in [-0.15, -0.1) is 0 Å². The van der Waals surface area contributed by atoms with Gasteiger partial charge in [0.05, 0.1) is 5.69 Å². The van der Waals surface area contributed by atoms with E-state index in [4.69, 9.17) is 21.4 Å². The number of benzene rings is 3. The summed E-state index contributed by atoms with van der Waals surface area (Å²) in [5.74, 6) is -1.14. The number of aliphatic carboxylic acids is 1. The molecule has 2 N–H and O–H groups in total. The van der Waals surface area contributed by atoms with E-state index >= 15 is 0 Å². The van der Waals surface area contributed by atoms with Gasteiger partial charge >= 0.3 is 5.97 Å². The molecule has 6 nitrogen and oxygen atoms in total. The number of aliphatic hydroxyl groups is 1. The number of halogens is 1. The maximum Gasteiger partial charge on any atom is 0.328 e. The molecule has 3 aromatic carbocycles. The number of hydrogen-bond donors (Lipinski definition) is 2. The number of amides is 1. The van der Waals surface area contributed by atoms with Crippen LogP contribution in [0.15, 0.2) is 84.9 Å². The summed E-state index contributed by atoms with van der Waals surface area (Å²) in [6.45, 7) is 4.53. The van der Waals surface area contributed by atoms with Crippen molar-refractivity contribution < 1.29 is 24.5 Å². The standard InChI is InChI=1S/C28H28ClNO5/c1-19(2)17-30(26(31)14-15-27(32)33)24-13-12-21(29)16-23(24)28(34)22-10-6-7-11-25(22)35-18-20-8-4-3-5-9-20/h3-16,19,28,34H,17-18H2,1-2H3,(H,32,33)/b15-14+. The van der Waals surface area contributed by atoms with Crippen LogP contribution in [0.3, 0.4) is 0 Å². The summed E-state index contributed by atoms with van der Waals surface area (Å²) in [7, 11) is 0. The minimum atomic E-state index is -1.22. The second-order valence-corrected chi connectivity index (χ2v) is 8.87. The topological polar surface area (TPSA) is 87.1 Å². The number of carboxylic acid groups (broad SMARTS) is 1. The van der Waals surface area contributed by atoms with E-state index < -0.39 is 18.0 Å². The van der Waals surface area contributed by atoms with Crippen molar-refractivity contribution in [2.45, 2.75) is 26.6 Å². The molecule has 0 aromatic heterocycles. The predicted octanol–water partition coefficient (Wildman–Crippen LogP) is 5.63. The van der Waals surface area contributed by atoms with Crippen molar-refractivity contribution in [3.05, 3.63) is 107 Å². The number of rotatable bonds is 10. The van der Waals surface area contributed by atoms with E-state index in [2.05, 4.69) is 0 Å². The minimum Gasteiger partial charge on any atom is -0.489 e. The highest BCUT2D eigenvalue weighted by molar-refractivity contribution is 6.30.